The number of ether oxygens (including phenoxy) is 1. The lowest BCUT2D eigenvalue weighted by molar-refractivity contribution is -0.385. The molecule has 0 aliphatic carbocycles. The maximum absolute atomic E-state index is 12.4. The quantitative estimate of drug-likeness (QED) is 0.655. The van der Waals surface area contributed by atoms with Gasteiger partial charge in [0.05, 0.1) is 23.7 Å². The molecule has 0 aromatic heterocycles. The molecule has 1 fully saturated rings. The minimum absolute atomic E-state index is 0.0701. The van der Waals surface area contributed by atoms with Gasteiger partial charge in [-0.1, -0.05) is 0 Å². The fraction of sp³-hybridized carbons (Fsp3) is 0.462. The van der Waals surface area contributed by atoms with Gasteiger partial charge in [0.25, 0.3) is 5.91 Å². The van der Waals surface area contributed by atoms with Gasteiger partial charge in [-0.2, -0.15) is 0 Å². The molecule has 1 heterocycles. The lowest BCUT2D eigenvalue weighted by Crippen LogP contribution is -2.51. The molecule has 108 valence electrons. The summed E-state index contributed by atoms with van der Waals surface area (Å²) in [6.45, 7) is 4.68. The zero-order valence-electron chi connectivity index (χ0n) is 11.3. The zero-order valence-corrected chi connectivity index (χ0v) is 11.3. The highest BCUT2D eigenvalue weighted by Crippen LogP contribution is 2.27. The lowest BCUT2D eigenvalue weighted by atomic mass is 10.1. The smallest absolute Gasteiger partial charge is 0.310 e. The molecule has 7 nitrogen and oxygen atoms in total. The van der Waals surface area contributed by atoms with Gasteiger partial charge in [-0.3, -0.25) is 14.9 Å². The number of benzene rings is 1. The van der Waals surface area contributed by atoms with Gasteiger partial charge in [0.2, 0.25) is 0 Å². The van der Waals surface area contributed by atoms with Crippen molar-refractivity contribution in [2.75, 3.05) is 13.2 Å². The minimum atomic E-state index is -0.691. The number of morpholine rings is 1. The van der Waals surface area contributed by atoms with Crippen LogP contribution in [0.3, 0.4) is 0 Å². The SMILES string of the molecule is C[C@@H]1OCCN(C(=O)c2ccc([N+](=O)[O-])c(O)c2)[C@H]1C. The van der Waals surface area contributed by atoms with Crippen molar-refractivity contribution in [3.63, 3.8) is 0 Å². The lowest BCUT2D eigenvalue weighted by Gasteiger charge is -2.37. The largest absolute Gasteiger partial charge is 0.502 e. The van der Waals surface area contributed by atoms with Crippen LogP contribution in [0, 0.1) is 10.1 Å². The second-order valence-corrected chi connectivity index (χ2v) is 4.78. The average Bonchev–Trinajstić information content (AvgIpc) is 2.40. The molecule has 2 rings (SSSR count). The molecular formula is C13H16N2O5. The molecule has 1 aromatic carbocycles. The van der Waals surface area contributed by atoms with E-state index in [4.69, 9.17) is 4.74 Å². The second-order valence-electron chi connectivity index (χ2n) is 4.78. The first-order chi connectivity index (χ1) is 9.41. The molecule has 0 saturated carbocycles. The topological polar surface area (TPSA) is 92.9 Å². The summed E-state index contributed by atoms with van der Waals surface area (Å²) in [4.78, 5) is 24.0. The van der Waals surface area contributed by atoms with E-state index in [-0.39, 0.29) is 23.6 Å². The van der Waals surface area contributed by atoms with Gasteiger partial charge < -0.3 is 14.7 Å². The van der Waals surface area contributed by atoms with Gasteiger partial charge in [0.1, 0.15) is 0 Å². The maximum atomic E-state index is 12.4. The number of aromatic hydroxyl groups is 1. The van der Waals surface area contributed by atoms with Crippen LogP contribution in [0.2, 0.25) is 0 Å². The van der Waals surface area contributed by atoms with Crippen molar-refractivity contribution in [1.82, 2.24) is 4.90 Å². The van der Waals surface area contributed by atoms with Gasteiger partial charge in [0.15, 0.2) is 5.75 Å². The zero-order chi connectivity index (χ0) is 14.9. The molecular weight excluding hydrogens is 264 g/mol. The van der Waals surface area contributed by atoms with Crippen molar-refractivity contribution in [3.05, 3.63) is 33.9 Å². The summed E-state index contributed by atoms with van der Waals surface area (Å²) < 4.78 is 5.45. The van der Waals surface area contributed by atoms with Crippen LogP contribution in [0.4, 0.5) is 5.69 Å². The van der Waals surface area contributed by atoms with E-state index in [1.54, 1.807) is 4.90 Å². The van der Waals surface area contributed by atoms with Crippen LogP contribution < -0.4 is 0 Å². The summed E-state index contributed by atoms with van der Waals surface area (Å²) >= 11 is 0. The van der Waals surface area contributed by atoms with E-state index < -0.39 is 16.4 Å². The summed E-state index contributed by atoms with van der Waals surface area (Å²) in [6, 6.07) is 3.53. The van der Waals surface area contributed by atoms with Crippen LogP contribution in [0.1, 0.15) is 24.2 Å². The average molecular weight is 280 g/mol. The molecule has 1 aromatic rings. The van der Waals surface area contributed by atoms with Gasteiger partial charge in [-0.15, -0.1) is 0 Å². The molecule has 1 amide bonds. The Hall–Kier alpha value is -2.15. The highest BCUT2D eigenvalue weighted by molar-refractivity contribution is 5.95. The first-order valence-corrected chi connectivity index (χ1v) is 6.31. The van der Waals surface area contributed by atoms with E-state index in [1.807, 2.05) is 13.8 Å². The Bertz CT molecular complexity index is 546. The van der Waals surface area contributed by atoms with Crippen molar-refractivity contribution < 1.29 is 19.6 Å². The molecule has 7 heteroatoms. The number of rotatable bonds is 2. The molecule has 0 bridgehead atoms. The van der Waals surface area contributed by atoms with Crippen LogP contribution in [-0.2, 0) is 4.74 Å². The van der Waals surface area contributed by atoms with Gasteiger partial charge in [-0.25, -0.2) is 0 Å². The molecule has 1 N–H and O–H groups in total. The Morgan fingerprint density at radius 1 is 1.50 bits per heavy atom. The van der Waals surface area contributed by atoms with Crippen molar-refractivity contribution in [2.45, 2.75) is 26.0 Å². The monoisotopic (exact) mass is 280 g/mol. The first-order valence-electron chi connectivity index (χ1n) is 6.31. The molecule has 0 unspecified atom stereocenters. The summed E-state index contributed by atoms with van der Waals surface area (Å²) in [5.41, 5.74) is -0.181. The van der Waals surface area contributed by atoms with Crippen LogP contribution in [0.15, 0.2) is 18.2 Å². The van der Waals surface area contributed by atoms with E-state index in [2.05, 4.69) is 0 Å². The third-order valence-electron chi connectivity index (χ3n) is 3.56. The van der Waals surface area contributed by atoms with Crippen molar-refractivity contribution in [3.8, 4) is 5.75 Å². The predicted molar refractivity (Wildman–Crippen MR) is 70.7 cm³/mol. The number of hydrogen-bond donors (Lipinski definition) is 1. The number of nitro benzene ring substituents is 1. The maximum Gasteiger partial charge on any atom is 0.310 e. The minimum Gasteiger partial charge on any atom is -0.502 e. The number of phenols is 1. The number of carbonyl (C=O) groups excluding carboxylic acids is 1. The van der Waals surface area contributed by atoms with Crippen LogP contribution in [0.5, 0.6) is 5.75 Å². The van der Waals surface area contributed by atoms with Crippen molar-refractivity contribution in [2.24, 2.45) is 0 Å². The van der Waals surface area contributed by atoms with E-state index in [0.29, 0.717) is 13.2 Å². The molecule has 0 radical (unpaired) electrons. The second kappa shape index (κ2) is 5.46. The van der Waals surface area contributed by atoms with Crippen LogP contribution in [0.25, 0.3) is 0 Å². The van der Waals surface area contributed by atoms with E-state index in [0.717, 1.165) is 12.1 Å². The predicted octanol–water partition coefficient (Wildman–Crippen LogP) is 1.55. The Kier molecular flexibility index (Phi) is 3.89. The van der Waals surface area contributed by atoms with Gasteiger partial charge in [-0.05, 0) is 26.0 Å². The number of phenolic OH excluding ortho intramolecular Hbond substituents is 1. The third-order valence-corrected chi connectivity index (χ3v) is 3.56. The van der Waals surface area contributed by atoms with E-state index in [1.165, 1.54) is 6.07 Å². The normalized spacial score (nSPS) is 22.6. The number of nitrogens with zero attached hydrogens (tertiary/aromatic N) is 2. The fourth-order valence-corrected chi connectivity index (χ4v) is 2.20. The summed E-state index contributed by atoms with van der Waals surface area (Å²) in [6.07, 6.45) is -0.0701. The standard InChI is InChI=1S/C13H16N2O5/c1-8-9(2)20-6-5-14(8)13(17)10-3-4-11(15(18)19)12(16)7-10/h3-4,7-9,16H,5-6H2,1-2H3/t8-,9-/m0/s1. The van der Waals surface area contributed by atoms with Crippen molar-refractivity contribution >= 4 is 11.6 Å². The number of amides is 1. The van der Waals surface area contributed by atoms with E-state index in [9.17, 15) is 20.0 Å². The van der Waals surface area contributed by atoms with E-state index >= 15 is 0 Å². The van der Waals surface area contributed by atoms with Gasteiger partial charge in [0, 0.05) is 18.2 Å². The Labute approximate surface area is 115 Å². The Morgan fingerprint density at radius 3 is 2.80 bits per heavy atom. The highest BCUT2D eigenvalue weighted by Gasteiger charge is 2.30. The molecule has 1 aliphatic heterocycles. The van der Waals surface area contributed by atoms with Gasteiger partial charge >= 0.3 is 5.69 Å². The summed E-state index contributed by atoms with van der Waals surface area (Å²) in [7, 11) is 0. The molecule has 1 aliphatic rings. The highest BCUT2D eigenvalue weighted by atomic mass is 16.6. The van der Waals surface area contributed by atoms with Crippen molar-refractivity contribution in [1.29, 1.82) is 0 Å². The molecule has 2 atom stereocenters. The number of hydrogen-bond acceptors (Lipinski definition) is 5. The summed E-state index contributed by atoms with van der Waals surface area (Å²) in [5.74, 6) is -0.771. The third kappa shape index (κ3) is 2.57. The first kappa shape index (κ1) is 14.3. The molecule has 20 heavy (non-hydrogen) atoms. The Balaban J connectivity index is 2.25. The molecule has 1 saturated heterocycles. The van der Waals surface area contributed by atoms with Crippen LogP contribution >= 0.6 is 0 Å². The molecule has 0 spiro atoms. The number of nitro groups is 1. The number of carbonyl (C=O) groups is 1. The van der Waals surface area contributed by atoms with Crippen LogP contribution in [-0.4, -0.2) is 46.1 Å². The fourth-order valence-electron chi connectivity index (χ4n) is 2.20. The Morgan fingerprint density at radius 2 is 2.20 bits per heavy atom. The summed E-state index contributed by atoms with van der Waals surface area (Å²) in [5, 5.41) is 20.2.